The minimum atomic E-state index is 0.920. The Labute approximate surface area is 298 Å². The highest BCUT2D eigenvalue weighted by Gasteiger charge is 2.18. The van der Waals surface area contributed by atoms with Crippen LogP contribution in [0, 0.1) is 0 Å². The van der Waals surface area contributed by atoms with Crippen LogP contribution in [-0.2, 0) is 0 Å². The van der Waals surface area contributed by atoms with Crippen LogP contribution in [0.5, 0.6) is 0 Å². The van der Waals surface area contributed by atoms with Crippen molar-refractivity contribution in [2.24, 2.45) is 0 Å². The van der Waals surface area contributed by atoms with Gasteiger partial charge < -0.3 is 8.98 Å². The fourth-order valence-corrected chi connectivity index (χ4v) is 9.13. The van der Waals surface area contributed by atoms with Gasteiger partial charge in [0.1, 0.15) is 11.2 Å². The SMILES string of the molecule is c1ccc(-c2ccc3c(c2)c2cc(-c4ccccc4)ccc2n3-c2cccc3c2sc2ccc(-c4ccc5c(c4)oc4ccccc45)cc23)cc1. The van der Waals surface area contributed by atoms with E-state index in [0.717, 1.165) is 27.5 Å². The van der Waals surface area contributed by atoms with Gasteiger partial charge >= 0.3 is 0 Å². The first-order chi connectivity index (χ1) is 25.3. The van der Waals surface area contributed by atoms with E-state index < -0.39 is 0 Å². The van der Waals surface area contributed by atoms with Crippen LogP contribution in [-0.4, -0.2) is 4.57 Å². The van der Waals surface area contributed by atoms with Crippen molar-refractivity contribution in [1.29, 1.82) is 0 Å². The number of aromatic nitrogens is 1. The zero-order valence-corrected chi connectivity index (χ0v) is 28.3. The van der Waals surface area contributed by atoms with Crippen molar-refractivity contribution in [2.75, 3.05) is 0 Å². The average Bonchev–Trinajstić information content (AvgIpc) is 3.87. The van der Waals surface area contributed by atoms with Gasteiger partial charge in [0.25, 0.3) is 0 Å². The fraction of sp³-hybridized carbons (Fsp3) is 0. The van der Waals surface area contributed by atoms with Crippen molar-refractivity contribution in [3.8, 4) is 39.1 Å². The molecular formula is C48H29NOS. The molecule has 0 aliphatic carbocycles. The van der Waals surface area contributed by atoms with E-state index in [4.69, 9.17) is 4.42 Å². The predicted molar refractivity (Wildman–Crippen MR) is 217 cm³/mol. The van der Waals surface area contributed by atoms with E-state index in [9.17, 15) is 0 Å². The first-order valence-electron chi connectivity index (χ1n) is 17.3. The van der Waals surface area contributed by atoms with Crippen LogP contribution in [0.4, 0.5) is 0 Å². The lowest BCUT2D eigenvalue weighted by atomic mass is 10.0. The average molecular weight is 668 g/mol. The van der Waals surface area contributed by atoms with Gasteiger partial charge in [-0.05, 0) is 94.0 Å². The maximum Gasteiger partial charge on any atom is 0.136 e. The third-order valence-corrected chi connectivity index (χ3v) is 11.6. The van der Waals surface area contributed by atoms with Gasteiger partial charge in [0.15, 0.2) is 0 Å². The molecule has 0 saturated heterocycles. The number of nitrogens with zero attached hydrogens (tertiary/aromatic N) is 1. The molecule has 0 spiro atoms. The van der Waals surface area contributed by atoms with Crippen molar-refractivity contribution >= 4 is 75.3 Å². The summed E-state index contributed by atoms with van der Waals surface area (Å²) in [6.07, 6.45) is 0. The molecule has 0 bridgehead atoms. The van der Waals surface area contributed by atoms with Crippen molar-refractivity contribution in [3.05, 3.63) is 176 Å². The molecule has 0 N–H and O–H groups in total. The maximum absolute atomic E-state index is 6.25. The molecule has 3 aromatic heterocycles. The van der Waals surface area contributed by atoms with Crippen LogP contribution < -0.4 is 0 Å². The van der Waals surface area contributed by atoms with Crippen LogP contribution in [0.15, 0.2) is 180 Å². The molecule has 11 rings (SSSR count). The zero-order chi connectivity index (χ0) is 33.5. The van der Waals surface area contributed by atoms with E-state index in [2.05, 4.69) is 168 Å². The second-order valence-corrected chi connectivity index (χ2v) is 14.4. The topological polar surface area (TPSA) is 18.1 Å². The lowest BCUT2D eigenvalue weighted by molar-refractivity contribution is 0.669. The highest BCUT2D eigenvalue weighted by molar-refractivity contribution is 7.26. The summed E-state index contributed by atoms with van der Waals surface area (Å²) in [5.74, 6) is 0. The van der Waals surface area contributed by atoms with E-state index in [1.807, 2.05) is 23.5 Å². The summed E-state index contributed by atoms with van der Waals surface area (Å²) in [6, 6.07) is 63.8. The Morgan fingerprint density at radius 3 is 1.63 bits per heavy atom. The molecule has 8 aromatic carbocycles. The Balaban J connectivity index is 1.11. The van der Waals surface area contributed by atoms with E-state index in [1.54, 1.807) is 0 Å². The highest BCUT2D eigenvalue weighted by Crippen LogP contribution is 2.43. The Morgan fingerprint density at radius 2 is 0.902 bits per heavy atom. The predicted octanol–water partition coefficient (Wildman–Crippen LogP) is 14.1. The molecule has 3 heteroatoms. The van der Waals surface area contributed by atoms with Crippen LogP contribution in [0.1, 0.15) is 0 Å². The second kappa shape index (κ2) is 11.0. The molecular weight excluding hydrogens is 639 g/mol. The molecule has 0 radical (unpaired) electrons. The minimum absolute atomic E-state index is 0.920. The smallest absolute Gasteiger partial charge is 0.136 e. The van der Waals surface area contributed by atoms with Crippen molar-refractivity contribution in [2.45, 2.75) is 0 Å². The molecule has 0 amide bonds. The first kappa shape index (κ1) is 28.4. The number of fused-ring (bicyclic) bond motifs is 9. The Bertz CT molecular complexity index is 3030. The van der Waals surface area contributed by atoms with Crippen LogP contribution in [0.25, 0.3) is 103 Å². The number of rotatable bonds is 4. The van der Waals surface area contributed by atoms with Crippen molar-refractivity contribution in [3.63, 3.8) is 0 Å². The molecule has 0 aliphatic heterocycles. The number of hydrogen-bond donors (Lipinski definition) is 0. The summed E-state index contributed by atoms with van der Waals surface area (Å²) < 4.78 is 11.3. The van der Waals surface area contributed by atoms with Gasteiger partial charge in [-0.15, -0.1) is 11.3 Å². The lowest BCUT2D eigenvalue weighted by Gasteiger charge is -2.10. The number of furan rings is 1. The van der Waals surface area contributed by atoms with Crippen molar-refractivity contribution in [1.82, 2.24) is 4.57 Å². The largest absolute Gasteiger partial charge is 0.456 e. The molecule has 238 valence electrons. The lowest BCUT2D eigenvalue weighted by Crippen LogP contribution is -1.94. The molecule has 0 saturated carbocycles. The van der Waals surface area contributed by atoms with Crippen molar-refractivity contribution < 1.29 is 4.42 Å². The molecule has 51 heavy (non-hydrogen) atoms. The molecule has 0 unspecified atom stereocenters. The van der Waals surface area contributed by atoms with Gasteiger partial charge in [-0.25, -0.2) is 0 Å². The summed E-state index contributed by atoms with van der Waals surface area (Å²) in [5, 5.41) is 7.37. The van der Waals surface area contributed by atoms with Crippen LogP contribution >= 0.6 is 11.3 Å². The second-order valence-electron chi connectivity index (χ2n) is 13.3. The van der Waals surface area contributed by atoms with Gasteiger partial charge in [0.2, 0.25) is 0 Å². The summed E-state index contributed by atoms with van der Waals surface area (Å²) in [4.78, 5) is 0. The van der Waals surface area contributed by atoms with E-state index in [1.165, 1.54) is 75.5 Å². The number of para-hydroxylation sites is 1. The molecule has 2 nitrogen and oxygen atoms in total. The standard InChI is InChI=1S/C48H29NOS/c1-3-10-30(11-4-1)32-19-23-42-39(26-32)40-27-33(31-12-5-2-6-13-31)20-24-43(40)49(42)44-16-9-15-38-41-28-34(21-25-47(41)51-48(38)44)35-18-22-37-36-14-7-8-17-45(36)50-46(37)29-35/h1-29H. The number of hydrogen-bond acceptors (Lipinski definition) is 2. The van der Waals surface area contributed by atoms with Gasteiger partial charge in [-0.1, -0.05) is 115 Å². The molecule has 0 atom stereocenters. The van der Waals surface area contributed by atoms with Crippen LogP contribution in [0.2, 0.25) is 0 Å². The quantitative estimate of drug-likeness (QED) is 0.183. The first-order valence-corrected chi connectivity index (χ1v) is 18.1. The summed E-state index contributed by atoms with van der Waals surface area (Å²) in [7, 11) is 0. The summed E-state index contributed by atoms with van der Waals surface area (Å²) in [6.45, 7) is 0. The monoisotopic (exact) mass is 667 g/mol. The van der Waals surface area contributed by atoms with Gasteiger partial charge in [-0.3, -0.25) is 0 Å². The third kappa shape index (κ3) is 4.42. The Morgan fingerprint density at radius 1 is 0.353 bits per heavy atom. The third-order valence-electron chi connectivity index (χ3n) is 10.4. The highest BCUT2D eigenvalue weighted by atomic mass is 32.1. The fourth-order valence-electron chi connectivity index (χ4n) is 7.95. The maximum atomic E-state index is 6.25. The van der Waals surface area contributed by atoms with Gasteiger partial charge in [0.05, 0.1) is 21.4 Å². The van der Waals surface area contributed by atoms with Gasteiger partial charge in [0, 0.05) is 37.0 Å². The summed E-state index contributed by atoms with van der Waals surface area (Å²) >= 11 is 1.87. The Kier molecular flexibility index (Phi) is 6.16. The number of benzene rings is 8. The molecule has 0 fully saturated rings. The summed E-state index contributed by atoms with van der Waals surface area (Å²) in [5.41, 5.74) is 12.7. The van der Waals surface area contributed by atoms with E-state index >= 15 is 0 Å². The van der Waals surface area contributed by atoms with Crippen LogP contribution in [0.3, 0.4) is 0 Å². The molecule has 0 aliphatic rings. The number of thiophene rings is 1. The minimum Gasteiger partial charge on any atom is -0.456 e. The Hall–Kier alpha value is -6.42. The van der Waals surface area contributed by atoms with Gasteiger partial charge in [-0.2, -0.15) is 0 Å². The zero-order valence-electron chi connectivity index (χ0n) is 27.5. The molecule has 11 aromatic rings. The van der Waals surface area contributed by atoms with E-state index in [0.29, 0.717) is 0 Å². The molecule has 3 heterocycles. The van der Waals surface area contributed by atoms with E-state index in [-0.39, 0.29) is 0 Å². The normalized spacial score (nSPS) is 11.9.